The van der Waals surface area contributed by atoms with E-state index in [0.29, 0.717) is 13.1 Å². The molecular formula is C46H42N2O2P2. The molecule has 2 atom stereocenters. The lowest BCUT2D eigenvalue weighted by molar-refractivity contribution is 0.0555. The highest BCUT2D eigenvalue weighted by Gasteiger charge is 2.43. The number of nitrogens with zero attached hydrogens (tertiary/aromatic N) is 2. The summed E-state index contributed by atoms with van der Waals surface area (Å²) in [5, 5.41) is 7.04. The zero-order valence-corrected chi connectivity index (χ0v) is 31.0. The smallest absolute Gasteiger partial charge is 0.254 e. The third kappa shape index (κ3) is 6.86. The van der Waals surface area contributed by atoms with Crippen molar-refractivity contribution in [1.82, 2.24) is 9.80 Å². The maximum atomic E-state index is 14.8. The lowest BCUT2D eigenvalue weighted by atomic mass is 10.0. The van der Waals surface area contributed by atoms with Crippen molar-refractivity contribution >= 4 is 59.5 Å². The third-order valence-electron chi connectivity index (χ3n) is 10.4. The van der Waals surface area contributed by atoms with Gasteiger partial charge in [-0.3, -0.25) is 9.59 Å². The van der Waals surface area contributed by atoms with Gasteiger partial charge in [-0.05, 0) is 85.5 Å². The van der Waals surface area contributed by atoms with E-state index in [1.807, 2.05) is 48.5 Å². The lowest BCUT2D eigenvalue weighted by Crippen LogP contribution is -2.51. The normalized spacial score (nSPS) is 17.2. The molecule has 6 heteroatoms. The van der Waals surface area contributed by atoms with Crippen LogP contribution in [0.2, 0.25) is 0 Å². The zero-order valence-electron chi connectivity index (χ0n) is 29.2. The Morgan fingerprint density at radius 2 is 0.692 bits per heavy atom. The quantitative estimate of drug-likeness (QED) is 0.150. The molecule has 2 amide bonds. The molecule has 4 nitrogen and oxygen atoms in total. The Bertz CT molecular complexity index is 1900. The van der Waals surface area contributed by atoms with Gasteiger partial charge in [-0.2, -0.15) is 0 Å². The fourth-order valence-electron chi connectivity index (χ4n) is 8.06. The van der Waals surface area contributed by atoms with Gasteiger partial charge in [-0.25, -0.2) is 0 Å². The fourth-order valence-corrected chi connectivity index (χ4v) is 12.9. The van der Waals surface area contributed by atoms with E-state index in [1.165, 1.54) is 21.2 Å². The van der Waals surface area contributed by atoms with Crippen LogP contribution in [0, 0.1) is 0 Å². The first kappa shape index (κ1) is 34.2. The summed E-state index contributed by atoms with van der Waals surface area (Å²) in [4.78, 5) is 33.9. The van der Waals surface area contributed by atoms with Crippen molar-refractivity contribution in [1.29, 1.82) is 0 Å². The molecule has 2 aliphatic heterocycles. The van der Waals surface area contributed by atoms with E-state index in [2.05, 4.69) is 131 Å². The molecule has 0 bridgehead atoms. The molecule has 2 aliphatic rings. The van der Waals surface area contributed by atoms with Gasteiger partial charge in [0, 0.05) is 24.2 Å². The number of amides is 2. The number of carbonyl (C=O) groups is 2. The van der Waals surface area contributed by atoms with Gasteiger partial charge in [-0.15, -0.1) is 0 Å². The van der Waals surface area contributed by atoms with Gasteiger partial charge in [0.15, 0.2) is 0 Å². The van der Waals surface area contributed by atoms with Crippen LogP contribution < -0.4 is 31.8 Å². The number of rotatable bonds is 9. The maximum Gasteiger partial charge on any atom is 0.254 e. The van der Waals surface area contributed by atoms with Crippen molar-refractivity contribution in [2.45, 2.75) is 37.8 Å². The SMILES string of the molecule is O=C(c1ccccc1P(c1ccccc1)c1ccccc1)N1CCC[C@@H]1[C@H]1CCCN1C(=O)c1ccccc1P(c1ccccc1)c1ccccc1. The monoisotopic (exact) mass is 716 g/mol. The molecule has 6 aromatic rings. The van der Waals surface area contributed by atoms with E-state index in [-0.39, 0.29) is 23.9 Å². The molecule has 2 saturated heterocycles. The van der Waals surface area contributed by atoms with Crippen LogP contribution in [0.3, 0.4) is 0 Å². The number of hydrogen-bond donors (Lipinski definition) is 0. The molecule has 0 aliphatic carbocycles. The number of benzene rings is 6. The second kappa shape index (κ2) is 15.8. The highest BCUT2D eigenvalue weighted by molar-refractivity contribution is 7.80. The predicted molar refractivity (Wildman–Crippen MR) is 218 cm³/mol. The molecule has 0 saturated carbocycles. The summed E-state index contributed by atoms with van der Waals surface area (Å²) in [6.45, 7) is 1.41. The van der Waals surface area contributed by atoms with Crippen LogP contribution in [0.4, 0.5) is 0 Å². The molecule has 258 valence electrons. The molecule has 6 aromatic carbocycles. The van der Waals surface area contributed by atoms with E-state index in [9.17, 15) is 9.59 Å². The van der Waals surface area contributed by atoms with E-state index in [4.69, 9.17) is 0 Å². The van der Waals surface area contributed by atoms with Crippen LogP contribution in [0.1, 0.15) is 46.4 Å². The maximum absolute atomic E-state index is 14.8. The predicted octanol–water partition coefficient (Wildman–Crippen LogP) is 7.11. The second-order valence-corrected chi connectivity index (χ2v) is 17.8. The first-order valence-electron chi connectivity index (χ1n) is 18.3. The van der Waals surface area contributed by atoms with Crippen molar-refractivity contribution in [3.05, 3.63) is 181 Å². The fraction of sp³-hybridized carbons (Fsp3) is 0.174. The minimum atomic E-state index is -0.946. The van der Waals surface area contributed by atoms with Gasteiger partial charge in [-0.1, -0.05) is 158 Å². The first-order valence-corrected chi connectivity index (χ1v) is 21.0. The summed E-state index contributed by atoms with van der Waals surface area (Å²) >= 11 is 0. The Labute approximate surface area is 309 Å². The van der Waals surface area contributed by atoms with E-state index in [1.54, 1.807) is 0 Å². The molecule has 52 heavy (non-hydrogen) atoms. The molecule has 2 heterocycles. The topological polar surface area (TPSA) is 40.6 Å². The van der Waals surface area contributed by atoms with E-state index >= 15 is 0 Å². The Balaban J connectivity index is 1.12. The summed E-state index contributed by atoms with van der Waals surface area (Å²) in [6.07, 6.45) is 3.67. The van der Waals surface area contributed by atoms with Gasteiger partial charge in [0.2, 0.25) is 0 Å². The van der Waals surface area contributed by atoms with Gasteiger partial charge < -0.3 is 9.80 Å². The first-order chi connectivity index (χ1) is 25.7. The van der Waals surface area contributed by atoms with Crippen LogP contribution in [0.25, 0.3) is 0 Å². The standard InChI is InChI=1S/C46H42N2O2P2/c49-45(39-27-13-15-31-43(39)51(35-19-5-1-6-20-35)36-21-7-2-8-22-36)47-33-17-29-41(47)42-30-18-34-48(42)46(50)40-28-14-16-32-44(40)52(37-23-9-3-10-24-37)38-25-11-4-12-26-38/h1-16,19-28,31-32,41-42H,17-18,29-30,33-34H2/t41-,42-/m1/s1. The molecule has 8 rings (SSSR count). The average molecular weight is 717 g/mol. The molecular weight excluding hydrogens is 674 g/mol. The molecule has 0 aromatic heterocycles. The Kier molecular flexibility index (Phi) is 10.4. The summed E-state index contributed by atoms with van der Waals surface area (Å²) in [5.41, 5.74) is 1.54. The van der Waals surface area contributed by atoms with Crippen molar-refractivity contribution in [2.24, 2.45) is 0 Å². The van der Waals surface area contributed by atoms with Crippen LogP contribution in [-0.4, -0.2) is 46.8 Å². The largest absolute Gasteiger partial charge is 0.334 e. The van der Waals surface area contributed by atoms with Gasteiger partial charge in [0.1, 0.15) is 0 Å². The van der Waals surface area contributed by atoms with Gasteiger partial charge in [0.05, 0.1) is 12.1 Å². The number of hydrogen-bond acceptors (Lipinski definition) is 2. The van der Waals surface area contributed by atoms with Crippen LogP contribution in [0.15, 0.2) is 170 Å². The molecule has 0 radical (unpaired) electrons. The highest BCUT2D eigenvalue weighted by Crippen LogP contribution is 2.38. The molecule has 0 unspecified atom stereocenters. The van der Waals surface area contributed by atoms with Crippen molar-refractivity contribution in [3.8, 4) is 0 Å². The molecule has 2 fully saturated rings. The zero-order chi connectivity index (χ0) is 35.3. The van der Waals surface area contributed by atoms with Gasteiger partial charge >= 0.3 is 0 Å². The van der Waals surface area contributed by atoms with Crippen molar-refractivity contribution in [3.63, 3.8) is 0 Å². The Morgan fingerprint density at radius 1 is 0.404 bits per heavy atom. The summed E-state index contributed by atoms with van der Waals surface area (Å²) in [6, 6.07) is 58.7. The average Bonchev–Trinajstić information content (AvgIpc) is 3.90. The number of likely N-dealkylation sites (tertiary alicyclic amines) is 2. The second-order valence-electron chi connectivity index (χ2n) is 13.5. The van der Waals surface area contributed by atoms with Crippen LogP contribution in [-0.2, 0) is 0 Å². The minimum absolute atomic E-state index is 0.0244. The van der Waals surface area contributed by atoms with E-state index < -0.39 is 15.8 Å². The summed E-state index contributed by atoms with van der Waals surface area (Å²) in [7, 11) is -1.89. The highest BCUT2D eigenvalue weighted by atomic mass is 31.1. The molecule has 0 spiro atoms. The number of carbonyl (C=O) groups excluding carboxylic acids is 2. The van der Waals surface area contributed by atoms with Crippen molar-refractivity contribution in [2.75, 3.05) is 13.1 Å². The van der Waals surface area contributed by atoms with Crippen molar-refractivity contribution < 1.29 is 9.59 Å². The van der Waals surface area contributed by atoms with Gasteiger partial charge in [0.25, 0.3) is 11.8 Å². The lowest BCUT2D eigenvalue weighted by Gasteiger charge is -2.36. The van der Waals surface area contributed by atoms with E-state index in [0.717, 1.165) is 47.4 Å². The van der Waals surface area contributed by atoms with Crippen LogP contribution >= 0.6 is 15.8 Å². The summed E-state index contributed by atoms with van der Waals surface area (Å²) in [5.74, 6) is 0.155. The minimum Gasteiger partial charge on any atom is -0.334 e. The summed E-state index contributed by atoms with van der Waals surface area (Å²) < 4.78 is 0. The third-order valence-corrected chi connectivity index (χ3v) is 15.4. The van der Waals surface area contributed by atoms with Crippen LogP contribution in [0.5, 0.6) is 0 Å². The Morgan fingerprint density at radius 3 is 1.02 bits per heavy atom. The molecule has 0 N–H and O–H groups in total. The Hall–Kier alpha value is -4.88.